The molecule has 0 aromatic heterocycles. The Morgan fingerprint density at radius 1 is 1.55 bits per heavy atom. The minimum absolute atomic E-state index is 0.359. The van der Waals surface area contributed by atoms with Crippen LogP contribution in [0.1, 0.15) is 25.0 Å². The number of hydrogen-bond acceptors (Lipinski definition) is 4. The number of fused-ring (bicyclic) bond motifs is 1. The Bertz CT molecular complexity index is 524. The zero-order valence-corrected chi connectivity index (χ0v) is 14.2. The number of rotatable bonds is 5. The molecule has 1 aliphatic rings. The van der Waals surface area contributed by atoms with E-state index in [0.717, 1.165) is 22.3 Å². The van der Waals surface area contributed by atoms with Gasteiger partial charge in [-0.25, -0.2) is 0 Å². The lowest BCUT2D eigenvalue weighted by molar-refractivity contribution is -0.123. The normalized spacial score (nSPS) is 18.6. The van der Waals surface area contributed by atoms with Crippen molar-refractivity contribution in [2.75, 3.05) is 29.3 Å². The first-order chi connectivity index (χ1) is 9.45. The number of aliphatic hydroxyl groups is 1. The topological polar surface area (TPSA) is 52.6 Å². The molecule has 0 aliphatic carbocycles. The van der Waals surface area contributed by atoms with Crippen LogP contribution >= 0.6 is 27.7 Å². The molecule has 1 aromatic rings. The first-order valence-electron chi connectivity index (χ1n) is 6.49. The molecule has 0 bridgehead atoms. The lowest BCUT2D eigenvalue weighted by Crippen LogP contribution is -2.29. The van der Waals surface area contributed by atoms with Gasteiger partial charge in [0.15, 0.2) is 6.10 Å². The van der Waals surface area contributed by atoms with Crippen LogP contribution in [0.4, 0.5) is 11.4 Å². The van der Waals surface area contributed by atoms with Gasteiger partial charge >= 0.3 is 0 Å². The van der Waals surface area contributed by atoms with E-state index in [-0.39, 0.29) is 5.91 Å². The number of nitrogens with zero attached hydrogens (tertiary/aromatic N) is 1. The smallest absolute Gasteiger partial charge is 0.257 e. The molecule has 2 N–H and O–H groups in total. The fraction of sp³-hybridized carbons (Fsp3) is 0.500. The molecule has 2 rings (SSSR count). The molecule has 2 atom stereocenters. The van der Waals surface area contributed by atoms with Crippen molar-refractivity contribution >= 4 is 45.0 Å². The summed E-state index contributed by atoms with van der Waals surface area (Å²) in [6.07, 6.45) is 2.14. The van der Waals surface area contributed by atoms with Crippen molar-refractivity contribution in [1.82, 2.24) is 0 Å². The second-order valence-electron chi connectivity index (χ2n) is 5.02. The summed E-state index contributed by atoms with van der Waals surface area (Å²) < 4.78 is 0.894. The standard InChI is InChI=1S/C14H19BrN2O2S/c1-8(4-5-20-3)17(2)12-7-11-9(6-10(12)15)13(18)14(19)16-11/h6-8,13,18H,4-5H2,1-3H3,(H,16,19). The van der Waals surface area contributed by atoms with E-state index in [1.165, 1.54) is 0 Å². The SMILES string of the molecule is CSCCC(C)N(C)c1cc2c(cc1Br)C(O)C(=O)N2. The molecule has 0 saturated heterocycles. The molecule has 2 unspecified atom stereocenters. The second-order valence-corrected chi connectivity index (χ2v) is 6.86. The van der Waals surface area contributed by atoms with Gasteiger partial charge in [-0.15, -0.1) is 0 Å². The van der Waals surface area contributed by atoms with Crippen molar-refractivity contribution in [2.45, 2.75) is 25.5 Å². The van der Waals surface area contributed by atoms with Crippen LogP contribution in [0.15, 0.2) is 16.6 Å². The van der Waals surface area contributed by atoms with Gasteiger partial charge in [-0.3, -0.25) is 4.79 Å². The molecule has 110 valence electrons. The summed E-state index contributed by atoms with van der Waals surface area (Å²) in [5.41, 5.74) is 2.35. The quantitative estimate of drug-likeness (QED) is 0.849. The van der Waals surface area contributed by atoms with Crippen molar-refractivity contribution in [2.24, 2.45) is 0 Å². The Balaban J connectivity index is 2.26. The van der Waals surface area contributed by atoms with Crippen LogP contribution in [0, 0.1) is 0 Å². The molecular weight excluding hydrogens is 340 g/mol. The molecule has 1 amide bonds. The van der Waals surface area contributed by atoms with Gasteiger partial charge in [0.25, 0.3) is 5.91 Å². The van der Waals surface area contributed by atoms with Gasteiger partial charge in [-0.1, -0.05) is 0 Å². The number of hydrogen-bond donors (Lipinski definition) is 2. The third-order valence-electron chi connectivity index (χ3n) is 3.70. The number of nitrogens with one attached hydrogen (secondary N) is 1. The van der Waals surface area contributed by atoms with Crippen molar-refractivity contribution in [3.63, 3.8) is 0 Å². The summed E-state index contributed by atoms with van der Waals surface area (Å²) in [6.45, 7) is 2.18. The molecule has 4 nitrogen and oxygen atoms in total. The summed E-state index contributed by atoms with van der Waals surface area (Å²) in [6, 6.07) is 4.15. The first-order valence-corrected chi connectivity index (χ1v) is 8.68. The van der Waals surface area contributed by atoms with Crippen molar-refractivity contribution < 1.29 is 9.90 Å². The Kier molecular flexibility index (Phi) is 4.99. The third kappa shape index (κ3) is 2.97. The Morgan fingerprint density at radius 2 is 2.25 bits per heavy atom. The minimum atomic E-state index is -1.06. The predicted octanol–water partition coefficient (Wildman–Crippen LogP) is 3.01. The van der Waals surface area contributed by atoms with Crippen LogP contribution in [0.25, 0.3) is 0 Å². The van der Waals surface area contributed by atoms with E-state index < -0.39 is 6.10 Å². The van der Waals surface area contributed by atoms with Crippen molar-refractivity contribution in [3.05, 3.63) is 22.2 Å². The number of anilines is 2. The molecule has 6 heteroatoms. The van der Waals surface area contributed by atoms with E-state index in [1.54, 1.807) is 0 Å². The molecule has 1 aliphatic heterocycles. The molecule has 0 radical (unpaired) electrons. The average Bonchev–Trinajstić information content (AvgIpc) is 2.70. The van der Waals surface area contributed by atoms with Crippen molar-refractivity contribution in [1.29, 1.82) is 0 Å². The number of amides is 1. The second kappa shape index (κ2) is 6.37. The van der Waals surface area contributed by atoms with Gasteiger partial charge in [0.05, 0.1) is 5.69 Å². The van der Waals surface area contributed by atoms with Gasteiger partial charge < -0.3 is 15.3 Å². The summed E-state index contributed by atoms with van der Waals surface area (Å²) in [7, 11) is 2.05. The number of benzene rings is 1. The highest BCUT2D eigenvalue weighted by Gasteiger charge is 2.30. The highest BCUT2D eigenvalue weighted by Crippen LogP contribution is 2.39. The van der Waals surface area contributed by atoms with E-state index in [0.29, 0.717) is 17.3 Å². The van der Waals surface area contributed by atoms with Crippen LogP contribution in [-0.4, -0.2) is 36.1 Å². The van der Waals surface area contributed by atoms with Gasteiger partial charge in [-0.2, -0.15) is 11.8 Å². The van der Waals surface area contributed by atoms with Crippen LogP contribution < -0.4 is 10.2 Å². The molecule has 20 heavy (non-hydrogen) atoms. The highest BCUT2D eigenvalue weighted by atomic mass is 79.9. The molecule has 0 saturated carbocycles. The van der Waals surface area contributed by atoms with Crippen LogP contribution in [0.5, 0.6) is 0 Å². The monoisotopic (exact) mass is 358 g/mol. The van der Waals surface area contributed by atoms with E-state index in [4.69, 9.17) is 0 Å². The number of halogens is 1. The summed E-state index contributed by atoms with van der Waals surface area (Å²) in [5, 5.41) is 12.5. The maximum absolute atomic E-state index is 11.5. The molecule has 1 heterocycles. The number of thioether (sulfide) groups is 1. The fourth-order valence-electron chi connectivity index (χ4n) is 2.24. The van der Waals surface area contributed by atoms with Crippen LogP contribution in [0.2, 0.25) is 0 Å². The highest BCUT2D eigenvalue weighted by molar-refractivity contribution is 9.10. The first kappa shape index (κ1) is 15.7. The van der Waals surface area contributed by atoms with E-state index >= 15 is 0 Å². The van der Waals surface area contributed by atoms with Crippen LogP contribution in [0.3, 0.4) is 0 Å². The van der Waals surface area contributed by atoms with E-state index in [1.807, 2.05) is 30.9 Å². The molecule has 0 spiro atoms. The predicted molar refractivity (Wildman–Crippen MR) is 88.6 cm³/mol. The number of aliphatic hydroxyl groups excluding tert-OH is 1. The number of carbonyl (C=O) groups is 1. The zero-order chi connectivity index (χ0) is 14.9. The Morgan fingerprint density at radius 3 is 2.90 bits per heavy atom. The van der Waals surface area contributed by atoms with Gasteiger partial charge in [0.2, 0.25) is 0 Å². The summed E-state index contributed by atoms with van der Waals surface area (Å²) in [4.78, 5) is 13.7. The summed E-state index contributed by atoms with van der Waals surface area (Å²) in [5.74, 6) is 0.755. The Labute approximate surface area is 132 Å². The van der Waals surface area contributed by atoms with Crippen LogP contribution in [-0.2, 0) is 4.79 Å². The fourth-order valence-corrected chi connectivity index (χ4v) is 3.46. The maximum Gasteiger partial charge on any atom is 0.257 e. The van der Waals surface area contributed by atoms with E-state index in [9.17, 15) is 9.90 Å². The summed E-state index contributed by atoms with van der Waals surface area (Å²) >= 11 is 5.38. The van der Waals surface area contributed by atoms with Crippen molar-refractivity contribution in [3.8, 4) is 0 Å². The lowest BCUT2D eigenvalue weighted by Gasteiger charge is -2.28. The number of carbonyl (C=O) groups excluding carboxylic acids is 1. The lowest BCUT2D eigenvalue weighted by atomic mass is 10.1. The van der Waals surface area contributed by atoms with Gasteiger partial charge in [-0.05, 0) is 53.4 Å². The molecule has 0 fully saturated rings. The van der Waals surface area contributed by atoms with E-state index in [2.05, 4.69) is 39.3 Å². The zero-order valence-electron chi connectivity index (χ0n) is 11.8. The average molecular weight is 359 g/mol. The minimum Gasteiger partial charge on any atom is -0.378 e. The van der Waals surface area contributed by atoms with Gasteiger partial charge in [0, 0.05) is 28.8 Å². The van der Waals surface area contributed by atoms with Gasteiger partial charge in [0.1, 0.15) is 0 Å². The Hall–Kier alpha value is -0.720. The molecule has 1 aromatic carbocycles. The molecular formula is C14H19BrN2O2S. The largest absolute Gasteiger partial charge is 0.378 e. The third-order valence-corrected chi connectivity index (χ3v) is 4.98. The maximum atomic E-state index is 11.5.